The van der Waals surface area contributed by atoms with Gasteiger partial charge in [-0.3, -0.25) is 0 Å². The van der Waals surface area contributed by atoms with Crippen LogP contribution < -0.4 is 13.6 Å². The van der Waals surface area contributed by atoms with Crippen molar-refractivity contribution in [2.45, 2.75) is 32.1 Å². The molecule has 0 amide bonds. The van der Waals surface area contributed by atoms with Crippen LogP contribution in [0.1, 0.15) is 37.7 Å². The van der Waals surface area contributed by atoms with Crippen LogP contribution in [0.25, 0.3) is 0 Å². The van der Waals surface area contributed by atoms with E-state index in [9.17, 15) is 0 Å². The summed E-state index contributed by atoms with van der Waals surface area (Å²) in [6.45, 7) is 9.00. The Bertz CT molecular complexity index is 1190. The third-order valence-corrected chi connectivity index (χ3v) is 6.70. The molecule has 0 heterocycles. The Morgan fingerprint density at radius 2 is 1.00 bits per heavy atom. The summed E-state index contributed by atoms with van der Waals surface area (Å²) < 4.78 is 32.5. The second-order valence-electron chi connectivity index (χ2n) is 8.55. The minimum Gasteiger partial charge on any atom is -0.409 e. The Balaban J connectivity index is 0.000000740. The first-order chi connectivity index (χ1) is 20.3. The molecule has 222 valence electrons. The fraction of sp³-hybridized carbons (Fsp3) is 0.167. The average Bonchev–Trinajstić information content (AvgIpc) is 3.33. The maximum atomic E-state index is 7.50. The van der Waals surface area contributed by atoms with Gasteiger partial charge in [-0.05, 0) is 48.5 Å². The molecule has 4 aromatic carbocycles. The summed E-state index contributed by atoms with van der Waals surface area (Å²) in [6, 6.07) is 38.8. The van der Waals surface area contributed by atoms with Gasteiger partial charge in [0.15, 0.2) is 0 Å². The molecule has 0 aliphatic heterocycles. The van der Waals surface area contributed by atoms with Crippen molar-refractivity contribution in [3.8, 4) is 29.1 Å². The number of rotatable bonds is 6. The summed E-state index contributed by atoms with van der Waals surface area (Å²) in [5, 5.41) is 0. The molecule has 5 rings (SSSR count). The number of benzene rings is 4. The number of hydrogen-bond donors (Lipinski definition) is 0. The third-order valence-electron chi connectivity index (χ3n) is 5.62. The Morgan fingerprint density at radius 1 is 0.605 bits per heavy atom. The number of para-hydroxylation sites is 3. The van der Waals surface area contributed by atoms with Crippen molar-refractivity contribution >= 4 is 8.60 Å². The van der Waals surface area contributed by atoms with Crippen molar-refractivity contribution in [3.05, 3.63) is 154 Å². The summed E-state index contributed by atoms with van der Waals surface area (Å²) in [6.07, 6.45) is 8.95. The molecule has 1 saturated carbocycles. The van der Waals surface area contributed by atoms with Gasteiger partial charge in [-0.1, -0.05) is 104 Å². The van der Waals surface area contributed by atoms with Crippen LogP contribution in [0.2, 0.25) is 0 Å². The molecule has 1 aliphatic carbocycles. The molecule has 4 aromatic rings. The summed E-state index contributed by atoms with van der Waals surface area (Å²) >= 11 is 0. The molecule has 0 N–H and O–H groups in total. The van der Waals surface area contributed by atoms with Crippen molar-refractivity contribution in [3.63, 3.8) is 0 Å². The van der Waals surface area contributed by atoms with E-state index in [1.165, 1.54) is 32.1 Å². The predicted octanol–water partition coefficient (Wildman–Crippen LogP) is 9.65. The molecule has 0 aromatic heterocycles. The Morgan fingerprint density at radius 3 is 1.42 bits per heavy atom. The molecule has 0 bridgehead atoms. The molecule has 0 spiro atoms. The zero-order valence-corrected chi connectivity index (χ0v) is 26.1. The smallest absolute Gasteiger partial charge is 0.409 e. The molecule has 0 radical (unpaired) electrons. The largest absolute Gasteiger partial charge is 2.00 e. The van der Waals surface area contributed by atoms with Crippen molar-refractivity contribution in [2.24, 2.45) is 5.92 Å². The van der Waals surface area contributed by atoms with Gasteiger partial charge in [-0.2, -0.15) is 6.42 Å². The van der Waals surface area contributed by atoms with Crippen LogP contribution in [0.15, 0.2) is 121 Å². The summed E-state index contributed by atoms with van der Waals surface area (Å²) in [7, 11) is -1.59. The maximum absolute atomic E-state index is 7.50. The Kier molecular flexibility index (Phi) is 23.7. The van der Waals surface area contributed by atoms with Crippen LogP contribution in [0.4, 0.5) is 0 Å². The second kappa shape index (κ2) is 25.9. The van der Waals surface area contributed by atoms with Crippen LogP contribution in [-0.4, -0.2) is 0 Å². The topological polar surface area (TPSA) is 67.5 Å². The van der Waals surface area contributed by atoms with Crippen LogP contribution >= 0.6 is 8.60 Å². The molecule has 5 nitrogen and oxygen atoms in total. The van der Waals surface area contributed by atoms with Gasteiger partial charge in [0, 0.05) is 5.56 Å². The van der Waals surface area contributed by atoms with Gasteiger partial charge in [0.2, 0.25) is 0 Å². The molecule has 7 heteroatoms. The van der Waals surface area contributed by atoms with Crippen molar-refractivity contribution in [1.82, 2.24) is 0 Å². The van der Waals surface area contributed by atoms with E-state index < -0.39 is 8.60 Å². The molecule has 1 fully saturated rings. The third kappa shape index (κ3) is 17.1. The summed E-state index contributed by atoms with van der Waals surface area (Å²) in [5.41, 5.74) is 1.13. The van der Waals surface area contributed by atoms with Crippen LogP contribution in [0.5, 0.6) is 17.2 Å². The van der Waals surface area contributed by atoms with Gasteiger partial charge in [0.1, 0.15) is 17.2 Å². The van der Waals surface area contributed by atoms with Gasteiger partial charge in [-0.25, -0.2) is 0 Å². The molecule has 0 saturated heterocycles. The standard InChI is InChI=1S/C18H15O3P.C15H17.2CO.CH3.Fe/c1-4-10-16(11-5-1)19-22(20-17-12-6-2-7-13-17)21-18-14-8-3-9-15-18;1-2-5-9-14(8-4-1)12-13-15-10-6-3-7-11-15;2*1-2;;/h1-15H;3,6-8,10-11,14H,1-2,4-5,9H2;;;1H3;/q;-1;;;-1;+2/t;14-;;;;/m.1..../s1. The normalized spacial score (nSPS) is 12.7. The van der Waals surface area contributed by atoms with E-state index in [1.54, 1.807) is 0 Å². The molecule has 1 aliphatic rings. The quantitative estimate of drug-likeness (QED) is 0.0530. The van der Waals surface area contributed by atoms with Crippen LogP contribution in [-0.2, 0) is 26.4 Å². The van der Waals surface area contributed by atoms with E-state index in [2.05, 4.69) is 43.7 Å². The van der Waals surface area contributed by atoms with E-state index in [1.807, 2.05) is 109 Å². The fourth-order valence-electron chi connectivity index (χ4n) is 3.71. The zero-order chi connectivity index (χ0) is 29.4. The molecular formula is C36H35FeO5P. The summed E-state index contributed by atoms with van der Waals surface area (Å²) in [5.74, 6) is 9.28. The first kappa shape index (κ1) is 39.3. The monoisotopic (exact) mass is 634 g/mol. The van der Waals surface area contributed by atoms with E-state index in [0.717, 1.165) is 5.56 Å². The Labute approximate surface area is 268 Å². The average molecular weight is 634 g/mol. The van der Waals surface area contributed by atoms with E-state index in [0.29, 0.717) is 23.2 Å². The molecule has 1 atom stereocenters. The van der Waals surface area contributed by atoms with Gasteiger partial charge in [0.05, 0.1) is 0 Å². The minimum absolute atomic E-state index is 0. The van der Waals surface area contributed by atoms with Gasteiger partial charge in [0.25, 0.3) is 0 Å². The molecule has 0 unspecified atom stereocenters. The van der Waals surface area contributed by atoms with Gasteiger partial charge < -0.3 is 27.4 Å². The second-order valence-corrected chi connectivity index (χ2v) is 9.55. The Hall–Kier alpha value is -3.73. The maximum Gasteiger partial charge on any atom is 2.00 e. The van der Waals surface area contributed by atoms with E-state index in [4.69, 9.17) is 22.9 Å². The fourth-order valence-corrected chi connectivity index (χ4v) is 4.70. The first-order valence-corrected chi connectivity index (χ1v) is 14.2. The van der Waals surface area contributed by atoms with Crippen LogP contribution in [0, 0.1) is 44.9 Å². The van der Waals surface area contributed by atoms with Crippen molar-refractivity contribution in [2.75, 3.05) is 0 Å². The minimum atomic E-state index is -1.59. The van der Waals surface area contributed by atoms with E-state index in [-0.39, 0.29) is 24.5 Å². The SMILES string of the molecule is C(#C[C@@H]1[CH-]CCCCC1)c1ccccc1.[C-]#[O+].[C-]#[O+].[CH3-].[Fe+2].c1ccc(OP(Oc2ccccc2)Oc2ccccc2)cc1. The van der Waals surface area contributed by atoms with Gasteiger partial charge >= 0.3 is 48.3 Å². The summed E-state index contributed by atoms with van der Waals surface area (Å²) in [4.78, 5) is 0. The molecular weight excluding hydrogens is 599 g/mol. The first-order valence-electron chi connectivity index (χ1n) is 13.1. The van der Waals surface area contributed by atoms with Gasteiger partial charge in [-0.15, -0.1) is 11.8 Å². The van der Waals surface area contributed by atoms with Crippen molar-refractivity contribution in [1.29, 1.82) is 0 Å². The number of hydrogen-bond acceptors (Lipinski definition) is 3. The zero-order valence-electron chi connectivity index (χ0n) is 24.1. The van der Waals surface area contributed by atoms with Crippen molar-refractivity contribution < 1.29 is 39.9 Å². The van der Waals surface area contributed by atoms with Crippen LogP contribution in [0.3, 0.4) is 0 Å². The van der Waals surface area contributed by atoms with E-state index >= 15 is 0 Å². The molecule has 43 heavy (non-hydrogen) atoms. The predicted molar refractivity (Wildman–Crippen MR) is 167 cm³/mol.